The number of benzene rings is 2. The van der Waals surface area contributed by atoms with E-state index in [0.717, 1.165) is 16.7 Å². The van der Waals surface area contributed by atoms with Gasteiger partial charge in [-0.05, 0) is 60.7 Å². The van der Waals surface area contributed by atoms with Crippen LogP contribution in [0.15, 0.2) is 24.3 Å². The van der Waals surface area contributed by atoms with Gasteiger partial charge in [0, 0.05) is 24.0 Å². The predicted molar refractivity (Wildman–Crippen MR) is 88.4 cm³/mol. The van der Waals surface area contributed by atoms with Crippen molar-refractivity contribution in [1.29, 1.82) is 0 Å². The standard InChI is InChI=1S/C17H20O3S/c1-9(2)12-8-13(15(18)7-11(12)4)14-5-10(3)6-16(20-21)17(14)19/h5-9,18-19,21H,1-4H3. The van der Waals surface area contributed by atoms with E-state index in [-0.39, 0.29) is 17.2 Å². The van der Waals surface area contributed by atoms with Crippen molar-refractivity contribution in [3.8, 4) is 28.4 Å². The summed E-state index contributed by atoms with van der Waals surface area (Å²) in [6.45, 7) is 8.06. The van der Waals surface area contributed by atoms with Crippen molar-refractivity contribution in [2.45, 2.75) is 33.6 Å². The van der Waals surface area contributed by atoms with Gasteiger partial charge in [0.1, 0.15) is 5.75 Å². The Morgan fingerprint density at radius 2 is 1.67 bits per heavy atom. The van der Waals surface area contributed by atoms with Gasteiger partial charge >= 0.3 is 0 Å². The maximum Gasteiger partial charge on any atom is 0.179 e. The molecule has 0 aliphatic carbocycles. The monoisotopic (exact) mass is 304 g/mol. The van der Waals surface area contributed by atoms with Gasteiger partial charge in [-0.25, -0.2) is 0 Å². The van der Waals surface area contributed by atoms with Gasteiger partial charge in [-0.2, -0.15) is 0 Å². The molecule has 0 fully saturated rings. The highest BCUT2D eigenvalue weighted by molar-refractivity contribution is 7.75. The Kier molecular flexibility index (Phi) is 4.37. The molecule has 0 spiro atoms. The SMILES string of the molecule is Cc1cc(OS)c(O)c(-c2cc(C(C)C)c(C)cc2O)c1. The van der Waals surface area contributed by atoms with Crippen LogP contribution in [0.5, 0.6) is 17.2 Å². The fourth-order valence-corrected chi connectivity index (χ4v) is 2.71. The van der Waals surface area contributed by atoms with Crippen molar-refractivity contribution in [2.24, 2.45) is 0 Å². The van der Waals surface area contributed by atoms with Crippen LogP contribution in [0, 0.1) is 13.8 Å². The first kappa shape index (κ1) is 15.6. The summed E-state index contributed by atoms with van der Waals surface area (Å²) in [4.78, 5) is 0. The Hall–Kier alpha value is -1.81. The molecule has 0 unspecified atom stereocenters. The predicted octanol–water partition coefficient (Wildman–Crippen LogP) is 4.73. The lowest BCUT2D eigenvalue weighted by Crippen LogP contribution is -1.94. The van der Waals surface area contributed by atoms with Crippen molar-refractivity contribution in [3.63, 3.8) is 0 Å². The zero-order valence-corrected chi connectivity index (χ0v) is 13.5. The third-order valence-electron chi connectivity index (χ3n) is 3.61. The molecule has 112 valence electrons. The van der Waals surface area contributed by atoms with E-state index in [2.05, 4.69) is 26.8 Å². The molecule has 0 amide bonds. The molecule has 0 atom stereocenters. The summed E-state index contributed by atoms with van der Waals surface area (Å²) in [5.41, 5.74) is 4.22. The average Bonchev–Trinajstić information content (AvgIpc) is 2.41. The summed E-state index contributed by atoms with van der Waals surface area (Å²) in [6, 6.07) is 7.17. The van der Waals surface area contributed by atoms with E-state index in [4.69, 9.17) is 4.18 Å². The third kappa shape index (κ3) is 2.95. The van der Waals surface area contributed by atoms with E-state index in [1.165, 1.54) is 0 Å². The first-order valence-electron chi connectivity index (χ1n) is 6.84. The number of hydrogen-bond donors (Lipinski definition) is 3. The number of hydrogen-bond acceptors (Lipinski definition) is 4. The van der Waals surface area contributed by atoms with E-state index in [9.17, 15) is 10.2 Å². The van der Waals surface area contributed by atoms with Crippen LogP contribution in [-0.2, 0) is 0 Å². The zero-order chi connectivity index (χ0) is 15.7. The van der Waals surface area contributed by atoms with E-state index in [0.29, 0.717) is 17.0 Å². The van der Waals surface area contributed by atoms with Crippen molar-refractivity contribution < 1.29 is 14.4 Å². The Morgan fingerprint density at radius 1 is 1.00 bits per heavy atom. The van der Waals surface area contributed by atoms with Gasteiger partial charge in [0.15, 0.2) is 11.5 Å². The number of phenols is 2. The van der Waals surface area contributed by atoms with E-state index in [1.54, 1.807) is 12.1 Å². The summed E-state index contributed by atoms with van der Waals surface area (Å²) in [5.74, 6) is 0.726. The smallest absolute Gasteiger partial charge is 0.179 e. The van der Waals surface area contributed by atoms with Gasteiger partial charge in [-0.1, -0.05) is 13.8 Å². The summed E-state index contributed by atoms with van der Waals surface area (Å²) in [6.07, 6.45) is 0. The van der Waals surface area contributed by atoms with E-state index < -0.39 is 0 Å². The molecule has 2 rings (SSSR count). The maximum atomic E-state index is 10.3. The van der Waals surface area contributed by atoms with Crippen molar-refractivity contribution in [1.82, 2.24) is 0 Å². The van der Waals surface area contributed by atoms with Crippen LogP contribution in [0.4, 0.5) is 0 Å². The fraction of sp³-hybridized carbons (Fsp3) is 0.294. The van der Waals surface area contributed by atoms with Crippen LogP contribution in [0.1, 0.15) is 36.5 Å². The molecule has 4 heteroatoms. The second kappa shape index (κ2) is 5.90. The third-order valence-corrected chi connectivity index (χ3v) is 3.81. The zero-order valence-electron chi connectivity index (χ0n) is 12.6. The molecular formula is C17H20O3S. The second-order valence-electron chi connectivity index (χ2n) is 5.63. The van der Waals surface area contributed by atoms with Gasteiger partial charge in [0.05, 0.1) is 0 Å². The quantitative estimate of drug-likeness (QED) is 0.567. The number of rotatable bonds is 3. The van der Waals surface area contributed by atoms with Crippen LogP contribution in [0.3, 0.4) is 0 Å². The van der Waals surface area contributed by atoms with E-state index >= 15 is 0 Å². The maximum absolute atomic E-state index is 10.3. The largest absolute Gasteiger partial charge is 0.507 e. The molecule has 0 heterocycles. The van der Waals surface area contributed by atoms with E-state index in [1.807, 2.05) is 26.0 Å². The molecule has 21 heavy (non-hydrogen) atoms. The van der Waals surface area contributed by atoms with Gasteiger partial charge in [-0.15, -0.1) is 0 Å². The van der Waals surface area contributed by atoms with Crippen molar-refractivity contribution in [2.75, 3.05) is 0 Å². The molecular weight excluding hydrogens is 284 g/mol. The molecule has 0 saturated heterocycles. The van der Waals surface area contributed by atoms with Gasteiger partial charge in [-0.3, -0.25) is 0 Å². The minimum Gasteiger partial charge on any atom is -0.507 e. The average molecular weight is 304 g/mol. The molecule has 0 aliphatic heterocycles. The summed E-state index contributed by atoms with van der Waals surface area (Å²) >= 11 is 3.76. The molecule has 0 bridgehead atoms. The molecule has 0 aliphatic rings. The molecule has 2 aromatic carbocycles. The van der Waals surface area contributed by atoms with Crippen molar-refractivity contribution in [3.05, 3.63) is 41.0 Å². The Bertz CT molecular complexity index is 678. The first-order chi connectivity index (χ1) is 9.85. The Labute approximate surface area is 130 Å². The number of phenolic OH excluding ortho intramolecular Hbond substituents is 2. The van der Waals surface area contributed by atoms with Gasteiger partial charge in [0.25, 0.3) is 0 Å². The summed E-state index contributed by atoms with van der Waals surface area (Å²) in [7, 11) is 0. The lowest BCUT2D eigenvalue weighted by Gasteiger charge is -2.16. The summed E-state index contributed by atoms with van der Waals surface area (Å²) < 4.78 is 4.89. The molecule has 0 aromatic heterocycles. The molecule has 0 saturated carbocycles. The van der Waals surface area contributed by atoms with Crippen molar-refractivity contribution >= 4 is 12.9 Å². The van der Waals surface area contributed by atoms with Crippen LogP contribution in [0.2, 0.25) is 0 Å². The lowest BCUT2D eigenvalue weighted by molar-refractivity contribution is 0.451. The highest BCUT2D eigenvalue weighted by Crippen LogP contribution is 2.43. The number of aryl methyl sites for hydroxylation is 2. The highest BCUT2D eigenvalue weighted by Gasteiger charge is 2.17. The van der Waals surface area contributed by atoms with Crippen LogP contribution in [-0.4, -0.2) is 10.2 Å². The minimum absolute atomic E-state index is 0.0236. The number of thiol groups is 1. The van der Waals surface area contributed by atoms with Gasteiger partial charge in [0.2, 0.25) is 0 Å². The number of aromatic hydroxyl groups is 2. The molecule has 2 N–H and O–H groups in total. The van der Waals surface area contributed by atoms with Crippen LogP contribution in [0.25, 0.3) is 11.1 Å². The minimum atomic E-state index is -0.0236. The summed E-state index contributed by atoms with van der Waals surface area (Å²) in [5, 5.41) is 20.6. The first-order valence-corrected chi connectivity index (χ1v) is 7.20. The Balaban J connectivity index is 2.72. The Morgan fingerprint density at radius 3 is 2.24 bits per heavy atom. The van der Waals surface area contributed by atoms with Gasteiger partial charge < -0.3 is 14.4 Å². The fourth-order valence-electron chi connectivity index (χ4n) is 2.57. The molecule has 2 aromatic rings. The molecule has 3 nitrogen and oxygen atoms in total. The van der Waals surface area contributed by atoms with Crippen LogP contribution >= 0.6 is 12.9 Å². The second-order valence-corrected chi connectivity index (χ2v) is 5.81. The van der Waals surface area contributed by atoms with Crippen LogP contribution < -0.4 is 4.18 Å². The normalized spacial score (nSPS) is 11.0. The topological polar surface area (TPSA) is 49.7 Å². The lowest BCUT2D eigenvalue weighted by atomic mass is 9.91. The highest BCUT2D eigenvalue weighted by atomic mass is 32.1. The molecule has 0 radical (unpaired) electrons.